The lowest BCUT2D eigenvalue weighted by Crippen LogP contribution is -2.23. The van der Waals surface area contributed by atoms with E-state index in [1.54, 1.807) is 30.3 Å². The number of hydrogen-bond acceptors (Lipinski definition) is 4. The van der Waals surface area contributed by atoms with E-state index in [-0.39, 0.29) is 18.3 Å². The van der Waals surface area contributed by atoms with Crippen molar-refractivity contribution in [2.45, 2.75) is 13.5 Å². The predicted octanol–water partition coefficient (Wildman–Crippen LogP) is 4.29. The fourth-order valence-corrected chi connectivity index (χ4v) is 2.47. The van der Waals surface area contributed by atoms with Gasteiger partial charge in [0.2, 0.25) is 0 Å². The Labute approximate surface area is 157 Å². The van der Waals surface area contributed by atoms with Crippen molar-refractivity contribution in [3.05, 3.63) is 83.8 Å². The van der Waals surface area contributed by atoms with E-state index in [1.807, 2.05) is 31.2 Å². The third-order valence-corrected chi connectivity index (χ3v) is 3.86. The second kappa shape index (κ2) is 8.80. The summed E-state index contributed by atoms with van der Waals surface area (Å²) in [7, 11) is 0. The van der Waals surface area contributed by atoms with E-state index in [0.29, 0.717) is 23.6 Å². The summed E-state index contributed by atoms with van der Waals surface area (Å²) < 4.78 is 19.0. The number of amides is 1. The zero-order valence-electron chi connectivity index (χ0n) is 14.9. The molecule has 5 nitrogen and oxygen atoms in total. The summed E-state index contributed by atoms with van der Waals surface area (Å²) in [6.45, 7) is 2.68. The first kappa shape index (κ1) is 18.4. The highest BCUT2D eigenvalue weighted by Crippen LogP contribution is 2.19. The molecule has 3 rings (SSSR count). The van der Waals surface area contributed by atoms with Gasteiger partial charge < -0.3 is 15.4 Å². The highest BCUT2D eigenvalue weighted by Gasteiger charge is 2.08. The minimum Gasteiger partial charge on any atom is -0.494 e. The number of hydrogen-bond donors (Lipinski definition) is 2. The Morgan fingerprint density at radius 2 is 1.85 bits per heavy atom. The Morgan fingerprint density at radius 3 is 2.52 bits per heavy atom. The maximum Gasteiger partial charge on any atom is 0.253 e. The van der Waals surface area contributed by atoms with Gasteiger partial charge in [-0.25, -0.2) is 9.37 Å². The van der Waals surface area contributed by atoms with E-state index in [1.165, 1.54) is 12.3 Å². The van der Waals surface area contributed by atoms with Crippen LogP contribution in [-0.2, 0) is 6.54 Å². The van der Waals surface area contributed by atoms with Crippen LogP contribution in [0.5, 0.6) is 5.75 Å². The molecule has 0 saturated heterocycles. The van der Waals surface area contributed by atoms with Crippen LogP contribution in [0.15, 0.2) is 66.9 Å². The van der Waals surface area contributed by atoms with Gasteiger partial charge in [0.05, 0.1) is 12.2 Å². The molecule has 0 bridgehead atoms. The lowest BCUT2D eigenvalue weighted by molar-refractivity contribution is 0.0950. The van der Waals surface area contributed by atoms with Gasteiger partial charge in [-0.05, 0) is 49.4 Å². The number of anilines is 2. The molecule has 138 valence electrons. The summed E-state index contributed by atoms with van der Waals surface area (Å²) in [6.07, 6.45) is 1.48. The van der Waals surface area contributed by atoms with Crippen LogP contribution >= 0.6 is 0 Å². The maximum atomic E-state index is 13.6. The van der Waals surface area contributed by atoms with Gasteiger partial charge in [-0.3, -0.25) is 4.79 Å². The first-order valence-corrected chi connectivity index (χ1v) is 8.63. The van der Waals surface area contributed by atoms with Crippen molar-refractivity contribution < 1.29 is 13.9 Å². The van der Waals surface area contributed by atoms with E-state index >= 15 is 0 Å². The van der Waals surface area contributed by atoms with Crippen molar-refractivity contribution in [2.75, 3.05) is 11.9 Å². The molecule has 3 aromatic rings. The van der Waals surface area contributed by atoms with Gasteiger partial charge in [0.1, 0.15) is 17.4 Å². The molecule has 2 N–H and O–H groups in total. The Morgan fingerprint density at radius 1 is 1.07 bits per heavy atom. The van der Waals surface area contributed by atoms with E-state index in [9.17, 15) is 9.18 Å². The van der Waals surface area contributed by atoms with Crippen LogP contribution in [0.1, 0.15) is 22.8 Å². The molecule has 2 aromatic carbocycles. The quantitative estimate of drug-likeness (QED) is 0.655. The number of aromatic nitrogens is 1. The van der Waals surface area contributed by atoms with Crippen LogP contribution in [0.3, 0.4) is 0 Å². The molecule has 27 heavy (non-hydrogen) atoms. The number of carbonyl (C=O) groups is 1. The molecule has 1 aromatic heterocycles. The smallest absolute Gasteiger partial charge is 0.253 e. The van der Waals surface area contributed by atoms with Gasteiger partial charge in [0.25, 0.3) is 5.91 Å². The number of ether oxygens (including phenoxy) is 1. The number of pyridine rings is 1. The predicted molar refractivity (Wildman–Crippen MR) is 103 cm³/mol. The van der Waals surface area contributed by atoms with Crippen molar-refractivity contribution in [3.8, 4) is 5.75 Å². The highest BCUT2D eigenvalue weighted by atomic mass is 19.1. The standard InChI is InChI=1S/C21H20FN3O2/c1-2-27-18-10-8-17(9-11-18)25-20-12-7-16(14-23-20)21(26)24-13-15-5-3-4-6-19(15)22/h3-12,14H,2,13H2,1H3,(H,23,25)(H,24,26). The Hall–Kier alpha value is -3.41. The average molecular weight is 365 g/mol. The largest absolute Gasteiger partial charge is 0.494 e. The topological polar surface area (TPSA) is 63.2 Å². The molecule has 0 atom stereocenters. The number of carbonyl (C=O) groups excluding carboxylic acids is 1. The lowest BCUT2D eigenvalue weighted by atomic mass is 10.2. The fourth-order valence-electron chi connectivity index (χ4n) is 2.47. The zero-order chi connectivity index (χ0) is 19.1. The molecule has 1 heterocycles. The molecule has 0 aliphatic rings. The van der Waals surface area contributed by atoms with Gasteiger partial charge >= 0.3 is 0 Å². The molecule has 0 saturated carbocycles. The van der Waals surface area contributed by atoms with Crippen LogP contribution in [0.2, 0.25) is 0 Å². The van der Waals surface area contributed by atoms with E-state index in [4.69, 9.17) is 4.74 Å². The normalized spacial score (nSPS) is 10.3. The number of nitrogens with zero attached hydrogens (tertiary/aromatic N) is 1. The highest BCUT2D eigenvalue weighted by molar-refractivity contribution is 5.94. The molecule has 0 aliphatic carbocycles. The van der Waals surface area contributed by atoms with Crippen LogP contribution in [-0.4, -0.2) is 17.5 Å². The van der Waals surface area contributed by atoms with Gasteiger partial charge in [-0.15, -0.1) is 0 Å². The van der Waals surface area contributed by atoms with Crippen LogP contribution in [0.25, 0.3) is 0 Å². The Bertz CT molecular complexity index is 896. The Kier molecular flexibility index (Phi) is 5.99. The second-order valence-corrected chi connectivity index (χ2v) is 5.79. The first-order valence-electron chi connectivity index (χ1n) is 8.63. The van der Waals surface area contributed by atoms with Gasteiger partial charge in [-0.2, -0.15) is 0 Å². The SMILES string of the molecule is CCOc1ccc(Nc2ccc(C(=O)NCc3ccccc3F)cn2)cc1. The summed E-state index contributed by atoms with van der Waals surface area (Å²) in [6, 6.07) is 17.3. The third-order valence-electron chi connectivity index (χ3n) is 3.86. The molecular formula is C21H20FN3O2. The van der Waals surface area contributed by atoms with Crippen LogP contribution < -0.4 is 15.4 Å². The molecule has 6 heteroatoms. The van der Waals surface area contributed by atoms with Crippen LogP contribution in [0.4, 0.5) is 15.9 Å². The summed E-state index contributed by atoms with van der Waals surface area (Å²) in [5.41, 5.74) is 1.71. The minimum absolute atomic E-state index is 0.123. The van der Waals surface area contributed by atoms with Crippen LogP contribution in [0, 0.1) is 5.82 Å². The number of rotatable bonds is 7. The summed E-state index contributed by atoms with van der Waals surface area (Å²) in [4.78, 5) is 16.4. The van der Waals surface area contributed by atoms with Crippen molar-refractivity contribution in [2.24, 2.45) is 0 Å². The number of nitrogens with one attached hydrogen (secondary N) is 2. The van der Waals surface area contributed by atoms with E-state index < -0.39 is 0 Å². The molecule has 1 amide bonds. The summed E-state index contributed by atoms with van der Waals surface area (Å²) in [5.74, 6) is 0.770. The number of halogens is 1. The summed E-state index contributed by atoms with van der Waals surface area (Å²) in [5, 5.41) is 5.85. The van der Waals surface area contributed by atoms with E-state index in [0.717, 1.165) is 11.4 Å². The van der Waals surface area contributed by atoms with Crippen molar-refractivity contribution in [1.29, 1.82) is 0 Å². The maximum absolute atomic E-state index is 13.6. The fraction of sp³-hybridized carbons (Fsp3) is 0.143. The third kappa shape index (κ3) is 5.04. The summed E-state index contributed by atoms with van der Waals surface area (Å²) >= 11 is 0. The second-order valence-electron chi connectivity index (χ2n) is 5.79. The molecular weight excluding hydrogens is 345 g/mol. The lowest BCUT2D eigenvalue weighted by Gasteiger charge is -2.09. The molecule has 0 aliphatic heterocycles. The van der Waals surface area contributed by atoms with Gasteiger partial charge in [0, 0.05) is 24.0 Å². The monoisotopic (exact) mass is 365 g/mol. The first-order chi connectivity index (χ1) is 13.2. The van der Waals surface area contributed by atoms with Gasteiger partial charge in [-0.1, -0.05) is 18.2 Å². The molecule has 0 fully saturated rings. The van der Waals surface area contributed by atoms with Crippen molar-refractivity contribution >= 4 is 17.4 Å². The van der Waals surface area contributed by atoms with E-state index in [2.05, 4.69) is 15.6 Å². The zero-order valence-corrected chi connectivity index (χ0v) is 14.9. The molecule has 0 radical (unpaired) electrons. The Balaban J connectivity index is 1.57. The minimum atomic E-state index is -0.342. The molecule has 0 unspecified atom stereocenters. The van der Waals surface area contributed by atoms with Crippen molar-refractivity contribution in [3.63, 3.8) is 0 Å². The van der Waals surface area contributed by atoms with Crippen molar-refractivity contribution in [1.82, 2.24) is 10.3 Å². The average Bonchev–Trinajstić information content (AvgIpc) is 2.69. The van der Waals surface area contributed by atoms with Gasteiger partial charge in [0.15, 0.2) is 0 Å². The molecule has 0 spiro atoms. The number of benzene rings is 2.